The van der Waals surface area contributed by atoms with Crippen LogP contribution >= 0.6 is 0 Å². The van der Waals surface area contributed by atoms with E-state index in [-0.39, 0.29) is 11.5 Å². The van der Waals surface area contributed by atoms with Gasteiger partial charge < -0.3 is 10.1 Å². The van der Waals surface area contributed by atoms with Crippen LogP contribution in [-0.4, -0.2) is 12.6 Å². The highest BCUT2D eigenvalue weighted by atomic mass is 16.5. The van der Waals surface area contributed by atoms with Crippen molar-refractivity contribution in [2.45, 2.75) is 77.9 Å². The van der Waals surface area contributed by atoms with E-state index in [9.17, 15) is 0 Å². The molecule has 1 saturated heterocycles. The van der Waals surface area contributed by atoms with Gasteiger partial charge in [-0.3, -0.25) is 0 Å². The maximum atomic E-state index is 6.31. The molecule has 23 heavy (non-hydrogen) atoms. The summed E-state index contributed by atoms with van der Waals surface area (Å²) >= 11 is 0. The van der Waals surface area contributed by atoms with Gasteiger partial charge in [0, 0.05) is 29.8 Å². The second kappa shape index (κ2) is 6.47. The van der Waals surface area contributed by atoms with E-state index in [0.717, 1.165) is 12.5 Å². The molecule has 2 heterocycles. The minimum Gasteiger partial charge on any atom is -0.381 e. The average Bonchev–Trinajstić information content (AvgIpc) is 2.54. The van der Waals surface area contributed by atoms with E-state index in [4.69, 9.17) is 4.74 Å². The Hall–Kier alpha value is -1.02. The molecular formula is C21H33NO. The Kier molecular flexibility index (Phi) is 4.73. The predicted molar refractivity (Wildman–Crippen MR) is 98.0 cm³/mol. The molecule has 3 atom stereocenters. The zero-order chi connectivity index (χ0) is 16.6. The Labute approximate surface area is 142 Å². The second-order valence-corrected chi connectivity index (χ2v) is 8.40. The van der Waals surface area contributed by atoms with E-state index in [2.05, 4.69) is 58.1 Å². The molecule has 2 heteroatoms. The van der Waals surface area contributed by atoms with Gasteiger partial charge in [-0.2, -0.15) is 0 Å². The topological polar surface area (TPSA) is 21.3 Å². The van der Waals surface area contributed by atoms with Gasteiger partial charge in [0.1, 0.15) is 0 Å². The summed E-state index contributed by atoms with van der Waals surface area (Å²) in [7, 11) is 0. The fraction of sp³-hybridized carbons (Fsp3) is 0.714. The lowest BCUT2D eigenvalue weighted by Crippen LogP contribution is -2.45. The molecule has 1 N–H and O–H groups in total. The van der Waals surface area contributed by atoms with Crippen LogP contribution in [0.4, 0.5) is 5.69 Å². The first-order valence-corrected chi connectivity index (χ1v) is 9.48. The monoisotopic (exact) mass is 315 g/mol. The van der Waals surface area contributed by atoms with Crippen LogP contribution in [0.1, 0.15) is 77.5 Å². The summed E-state index contributed by atoms with van der Waals surface area (Å²) in [6, 6.07) is 7.54. The van der Waals surface area contributed by atoms with Crippen molar-refractivity contribution in [2.24, 2.45) is 11.8 Å². The van der Waals surface area contributed by atoms with Crippen molar-refractivity contribution < 1.29 is 4.74 Å². The molecule has 1 fully saturated rings. The number of nitrogens with one attached hydrogen (secondary N) is 1. The minimum absolute atomic E-state index is 0.186. The Morgan fingerprint density at radius 1 is 1.22 bits per heavy atom. The second-order valence-electron chi connectivity index (χ2n) is 8.40. The number of fused-ring (bicyclic) bond motifs is 3. The molecule has 0 aliphatic carbocycles. The summed E-state index contributed by atoms with van der Waals surface area (Å²) in [5, 5.41) is 3.90. The molecule has 3 rings (SSSR count). The van der Waals surface area contributed by atoms with Crippen molar-refractivity contribution >= 4 is 5.69 Å². The Morgan fingerprint density at radius 3 is 2.61 bits per heavy atom. The lowest BCUT2D eigenvalue weighted by Gasteiger charge is -2.46. The summed E-state index contributed by atoms with van der Waals surface area (Å²) < 4.78 is 6.31. The van der Waals surface area contributed by atoms with Crippen molar-refractivity contribution in [1.29, 1.82) is 0 Å². The van der Waals surface area contributed by atoms with E-state index >= 15 is 0 Å². The van der Waals surface area contributed by atoms with Crippen molar-refractivity contribution in [1.82, 2.24) is 0 Å². The van der Waals surface area contributed by atoms with Crippen molar-refractivity contribution in [3.63, 3.8) is 0 Å². The first-order valence-electron chi connectivity index (χ1n) is 9.48. The number of rotatable bonds is 3. The third kappa shape index (κ3) is 3.15. The third-order valence-corrected chi connectivity index (χ3v) is 5.93. The largest absolute Gasteiger partial charge is 0.381 e. The summed E-state index contributed by atoms with van der Waals surface area (Å²) in [5.41, 5.74) is 4.29. The van der Waals surface area contributed by atoms with Crippen LogP contribution in [0.2, 0.25) is 0 Å². The molecule has 2 nitrogen and oxygen atoms in total. The average molecular weight is 316 g/mol. The summed E-state index contributed by atoms with van der Waals surface area (Å²) in [6.45, 7) is 12.4. The van der Waals surface area contributed by atoms with Gasteiger partial charge in [-0.15, -0.1) is 0 Å². The zero-order valence-electron chi connectivity index (χ0n) is 15.5. The van der Waals surface area contributed by atoms with Gasteiger partial charge in [0.2, 0.25) is 0 Å². The summed E-state index contributed by atoms with van der Waals surface area (Å²) in [6.07, 6.45) is 5.26. The lowest BCUT2D eigenvalue weighted by atomic mass is 9.73. The highest BCUT2D eigenvalue weighted by Crippen LogP contribution is 2.47. The van der Waals surface area contributed by atoms with E-state index in [0.29, 0.717) is 12.0 Å². The Balaban J connectivity index is 2.00. The van der Waals surface area contributed by atoms with Gasteiger partial charge in [-0.05, 0) is 35.8 Å². The molecule has 0 aromatic heterocycles. The van der Waals surface area contributed by atoms with Crippen molar-refractivity contribution in [3.05, 3.63) is 29.3 Å². The van der Waals surface area contributed by atoms with Crippen LogP contribution in [0.5, 0.6) is 0 Å². The third-order valence-electron chi connectivity index (χ3n) is 5.93. The first-order chi connectivity index (χ1) is 11.0. The highest BCUT2D eigenvalue weighted by Gasteiger charge is 2.41. The van der Waals surface area contributed by atoms with Crippen molar-refractivity contribution in [3.8, 4) is 0 Å². The first kappa shape index (κ1) is 16.8. The van der Waals surface area contributed by atoms with Crippen LogP contribution in [-0.2, 0) is 10.2 Å². The molecule has 128 valence electrons. The Morgan fingerprint density at radius 2 is 1.96 bits per heavy atom. The van der Waals surface area contributed by atoms with Gasteiger partial charge in [0.15, 0.2) is 0 Å². The molecule has 1 aromatic carbocycles. The number of hydrogen-bond donors (Lipinski definition) is 1. The zero-order valence-corrected chi connectivity index (χ0v) is 15.5. The predicted octanol–water partition coefficient (Wildman–Crippen LogP) is 5.68. The van der Waals surface area contributed by atoms with Crippen LogP contribution < -0.4 is 5.32 Å². The van der Waals surface area contributed by atoms with Gasteiger partial charge in [0.05, 0.1) is 6.10 Å². The fourth-order valence-electron chi connectivity index (χ4n) is 4.44. The van der Waals surface area contributed by atoms with E-state index < -0.39 is 0 Å². The molecule has 2 aliphatic rings. The maximum absolute atomic E-state index is 6.31. The van der Waals surface area contributed by atoms with Gasteiger partial charge >= 0.3 is 0 Å². The van der Waals surface area contributed by atoms with Crippen LogP contribution in [0.15, 0.2) is 18.2 Å². The number of anilines is 1. The van der Waals surface area contributed by atoms with Crippen LogP contribution in [0.3, 0.4) is 0 Å². The van der Waals surface area contributed by atoms with E-state index in [1.165, 1.54) is 42.5 Å². The number of benzene rings is 1. The minimum atomic E-state index is 0.186. The summed E-state index contributed by atoms with van der Waals surface area (Å²) in [4.78, 5) is 0. The van der Waals surface area contributed by atoms with Crippen LogP contribution in [0.25, 0.3) is 0 Å². The molecule has 0 spiro atoms. The van der Waals surface area contributed by atoms with Gasteiger partial charge in [-0.25, -0.2) is 0 Å². The number of hydrogen-bond acceptors (Lipinski definition) is 2. The normalized spacial score (nSPS) is 27.3. The maximum Gasteiger partial charge on any atom is 0.0892 e. The number of ether oxygens (including phenoxy) is 1. The van der Waals surface area contributed by atoms with Gasteiger partial charge in [0.25, 0.3) is 0 Å². The molecule has 1 aromatic rings. The summed E-state index contributed by atoms with van der Waals surface area (Å²) in [5.74, 6) is 1.36. The fourth-order valence-corrected chi connectivity index (χ4v) is 4.44. The van der Waals surface area contributed by atoms with E-state index in [1.54, 1.807) is 0 Å². The molecule has 2 aliphatic heterocycles. The smallest absolute Gasteiger partial charge is 0.0892 e. The standard InChI is InChI=1S/C21H33NO/c1-6-14(7-2)19-16-9-8-12-23-20(16)17-13-15(21(3,4)5)10-11-18(17)22-19/h10-11,13-14,16,19-20,22H,6-9,12H2,1-5H3/t16-,19-,20-/m0/s1. The SMILES string of the molecule is CCC(CC)[C@@H]1Nc2ccc(C(C)(C)C)cc2[C@H]2OCCC[C@H]21. The van der Waals surface area contributed by atoms with Gasteiger partial charge in [-0.1, -0.05) is 59.6 Å². The molecular weight excluding hydrogens is 282 g/mol. The molecule has 0 unspecified atom stereocenters. The van der Waals surface area contributed by atoms with Crippen LogP contribution in [0, 0.1) is 11.8 Å². The molecule has 0 amide bonds. The molecule has 0 radical (unpaired) electrons. The Bertz CT molecular complexity index is 541. The molecule has 0 saturated carbocycles. The highest BCUT2D eigenvalue weighted by molar-refractivity contribution is 5.58. The van der Waals surface area contributed by atoms with Crippen molar-refractivity contribution in [2.75, 3.05) is 11.9 Å². The van der Waals surface area contributed by atoms with E-state index in [1.807, 2.05) is 0 Å². The molecule has 0 bridgehead atoms. The quantitative estimate of drug-likeness (QED) is 0.774. The lowest BCUT2D eigenvalue weighted by molar-refractivity contribution is -0.0444.